The number of amides is 1. The highest BCUT2D eigenvalue weighted by molar-refractivity contribution is 7.92. The Bertz CT molecular complexity index is 765. The van der Waals surface area contributed by atoms with Gasteiger partial charge in [-0.25, -0.2) is 8.42 Å². The van der Waals surface area contributed by atoms with Crippen molar-refractivity contribution in [1.82, 2.24) is 10.6 Å². The Hall–Kier alpha value is -1.60. The van der Waals surface area contributed by atoms with Crippen LogP contribution in [0.15, 0.2) is 18.2 Å². The van der Waals surface area contributed by atoms with E-state index in [0.717, 1.165) is 18.4 Å². The Morgan fingerprint density at radius 2 is 1.96 bits per heavy atom. The summed E-state index contributed by atoms with van der Waals surface area (Å²) >= 11 is 0. The van der Waals surface area contributed by atoms with E-state index in [2.05, 4.69) is 10.6 Å². The molecule has 130 valence electrons. The molecule has 0 aliphatic carbocycles. The van der Waals surface area contributed by atoms with Crippen molar-refractivity contribution in [2.24, 2.45) is 0 Å². The maximum Gasteiger partial charge on any atom is 0.251 e. The minimum atomic E-state index is -3.25. The summed E-state index contributed by atoms with van der Waals surface area (Å²) < 4.78 is 25.0. The van der Waals surface area contributed by atoms with Crippen molar-refractivity contribution >= 4 is 21.6 Å². The fourth-order valence-electron chi connectivity index (χ4n) is 4.30. The number of fused-ring (bicyclic) bond motifs is 3. The summed E-state index contributed by atoms with van der Waals surface area (Å²) in [5, 5.41) is 6.73. The van der Waals surface area contributed by atoms with Gasteiger partial charge in [0.25, 0.3) is 5.91 Å². The normalized spacial score (nSPS) is 28.7. The molecule has 1 aromatic rings. The van der Waals surface area contributed by atoms with Crippen LogP contribution < -0.4 is 14.9 Å². The van der Waals surface area contributed by atoms with Crippen molar-refractivity contribution < 1.29 is 13.2 Å². The molecule has 24 heavy (non-hydrogen) atoms. The molecule has 2 unspecified atom stereocenters. The van der Waals surface area contributed by atoms with Crippen molar-refractivity contribution in [1.29, 1.82) is 0 Å². The maximum atomic E-state index is 12.6. The minimum absolute atomic E-state index is 0.0538. The van der Waals surface area contributed by atoms with Crippen LogP contribution in [0.25, 0.3) is 0 Å². The highest BCUT2D eigenvalue weighted by atomic mass is 32.2. The van der Waals surface area contributed by atoms with Gasteiger partial charge in [0.05, 0.1) is 11.9 Å². The molecular weight excluding hydrogens is 326 g/mol. The molecule has 2 fully saturated rings. The number of piperidine rings is 1. The monoisotopic (exact) mass is 349 g/mol. The lowest BCUT2D eigenvalue weighted by Crippen LogP contribution is -2.48. The number of benzene rings is 1. The molecule has 3 heterocycles. The number of sulfonamides is 1. The molecule has 0 spiro atoms. The Kier molecular flexibility index (Phi) is 3.80. The summed E-state index contributed by atoms with van der Waals surface area (Å²) in [6, 6.07) is 6.63. The molecule has 6 nitrogen and oxygen atoms in total. The van der Waals surface area contributed by atoms with Crippen LogP contribution in [0.1, 0.15) is 41.6 Å². The molecule has 3 aliphatic rings. The predicted octanol–water partition coefficient (Wildman–Crippen LogP) is 1.02. The van der Waals surface area contributed by atoms with Crippen molar-refractivity contribution in [2.45, 2.75) is 50.2 Å². The van der Waals surface area contributed by atoms with Crippen molar-refractivity contribution in [3.8, 4) is 0 Å². The number of nitrogens with zero attached hydrogens (tertiary/aromatic N) is 1. The fourth-order valence-corrected chi connectivity index (χ4v) is 5.26. The topological polar surface area (TPSA) is 78.5 Å². The number of hydrogen-bond acceptors (Lipinski definition) is 4. The van der Waals surface area contributed by atoms with Crippen LogP contribution in [0.3, 0.4) is 0 Å². The number of nitrogens with one attached hydrogen (secondary N) is 2. The van der Waals surface area contributed by atoms with Crippen LogP contribution in [0, 0.1) is 0 Å². The molecule has 7 heteroatoms. The number of hydrogen-bond donors (Lipinski definition) is 2. The predicted molar refractivity (Wildman–Crippen MR) is 92.8 cm³/mol. The molecule has 2 N–H and O–H groups in total. The van der Waals surface area contributed by atoms with E-state index in [1.54, 1.807) is 12.1 Å². The van der Waals surface area contributed by atoms with Crippen LogP contribution in [0.5, 0.6) is 0 Å². The third-order valence-corrected chi connectivity index (χ3v) is 6.58. The highest BCUT2D eigenvalue weighted by Gasteiger charge is 2.34. The van der Waals surface area contributed by atoms with Gasteiger partial charge in [0.15, 0.2) is 0 Å². The smallest absolute Gasteiger partial charge is 0.251 e. The summed E-state index contributed by atoms with van der Waals surface area (Å²) in [7, 11) is -3.25. The summed E-state index contributed by atoms with van der Waals surface area (Å²) in [5.74, 6) is -0.0538. The van der Waals surface area contributed by atoms with E-state index in [0.29, 0.717) is 36.3 Å². The molecule has 0 saturated carbocycles. The molecule has 3 aliphatic heterocycles. The number of carbonyl (C=O) groups is 1. The number of rotatable bonds is 3. The second kappa shape index (κ2) is 5.74. The van der Waals surface area contributed by atoms with E-state index < -0.39 is 10.0 Å². The SMILES string of the molecule is CS(=O)(=O)N1CCc2cc(C(=O)NC3CC4CCC(C3)N4)ccc21. The van der Waals surface area contributed by atoms with Crippen LogP contribution in [0.4, 0.5) is 5.69 Å². The lowest BCUT2D eigenvalue weighted by Gasteiger charge is -2.29. The molecule has 4 rings (SSSR count). The van der Waals surface area contributed by atoms with E-state index in [1.165, 1.54) is 23.4 Å². The molecule has 1 aromatic carbocycles. The molecule has 2 atom stereocenters. The fraction of sp³-hybridized carbons (Fsp3) is 0.588. The van der Waals surface area contributed by atoms with Crippen LogP contribution in [0.2, 0.25) is 0 Å². The average molecular weight is 349 g/mol. The lowest BCUT2D eigenvalue weighted by atomic mass is 9.99. The summed E-state index contributed by atoms with van der Waals surface area (Å²) in [4.78, 5) is 12.6. The zero-order valence-electron chi connectivity index (χ0n) is 13.8. The average Bonchev–Trinajstić information content (AvgIpc) is 3.09. The third kappa shape index (κ3) is 2.91. The van der Waals surface area contributed by atoms with E-state index >= 15 is 0 Å². The summed E-state index contributed by atoms with van der Waals surface area (Å²) in [6.07, 6.45) is 6.27. The van der Waals surface area contributed by atoms with E-state index in [1.807, 2.05) is 6.07 Å². The molecule has 0 aromatic heterocycles. The van der Waals surface area contributed by atoms with Gasteiger partial charge in [-0.15, -0.1) is 0 Å². The van der Waals surface area contributed by atoms with Gasteiger partial charge < -0.3 is 10.6 Å². The van der Waals surface area contributed by atoms with Gasteiger partial charge in [-0.2, -0.15) is 0 Å². The zero-order valence-corrected chi connectivity index (χ0v) is 14.6. The third-order valence-electron chi connectivity index (χ3n) is 5.40. The number of anilines is 1. The quantitative estimate of drug-likeness (QED) is 0.854. The first kappa shape index (κ1) is 15.9. The lowest BCUT2D eigenvalue weighted by molar-refractivity contribution is 0.0924. The van der Waals surface area contributed by atoms with Crippen LogP contribution >= 0.6 is 0 Å². The molecule has 0 radical (unpaired) electrons. The standard InChI is InChI=1S/C17H23N3O3S/c1-24(22,23)20-7-6-11-8-12(2-5-16(11)20)17(21)19-15-9-13-3-4-14(10-15)18-13/h2,5,8,13-15,18H,3-4,6-7,9-10H2,1H3,(H,19,21). The van der Waals surface area contributed by atoms with E-state index in [9.17, 15) is 13.2 Å². The summed E-state index contributed by atoms with van der Waals surface area (Å²) in [5.41, 5.74) is 2.25. The van der Waals surface area contributed by atoms with Crippen molar-refractivity contribution in [2.75, 3.05) is 17.1 Å². The Balaban J connectivity index is 1.48. The van der Waals surface area contributed by atoms with Gasteiger partial charge in [-0.1, -0.05) is 0 Å². The van der Waals surface area contributed by atoms with Gasteiger partial charge in [0, 0.05) is 30.2 Å². The van der Waals surface area contributed by atoms with Gasteiger partial charge in [0.2, 0.25) is 10.0 Å². The Labute approximate surface area is 142 Å². The van der Waals surface area contributed by atoms with Crippen molar-refractivity contribution in [3.05, 3.63) is 29.3 Å². The first-order valence-corrected chi connectivity index (χ1v) is 10.4. The van der Waals surface area contributed by atoms with Gasteiger partial charge >= 0.3 is 0 Å². The van der Waals surface area contributed by atoms with Gasteiger partial charge in [-0.3, -0.25) is 9.10 Å². The van der Waals surface area contributed by atoms with Crippen LogP contribution in [-0.2, 0) is 16.4 Å². The van der Waals surface area contributed by atoms with Crippen LogP contribution in [-0.4, -0.2) is 45.3 Å². The molecule has 2 saturated heterocycles. The maximum absolute atomic E-state index is 12.6. The number of carbonyl (C=O) groups excluding carboxylic acids is 1. The second-order valence-corrected chi connectivity index (χ2v) is 9.12. The van der Waals surface area contributed by atoms with Gasteiger partial charge in [0.1, 0.15) is 0 Å². The highest BCUT2D eigenvalue weighted by Crippen LogP contribution is 2.31. The largest absolute Gasteiger partial charge is 0.349 e. The summed E-state index contributed by atoms with van der Waals surface area (Å²) in [6.45, 7) is 0.455. The van der Waals surface area contributed by atoms with Gasteiger partial charge in [-0.05, 0) is 55.9 Å². The van der Waals surface area contributed by atoms with Crippen molar-refractivity contribution in [3.63, 3.8) is 0 Å². The Morgan fingerprint density at radius 3 is 2.62 bits per heavy atom. The second-order valence-electron chi connectivity index (χ2n) is 7.21. The zero-order chi connectivity index (χ0) is 16.9. The minimum Gasteiger partial charge on any atom is -0.349 e. The van der Waals surface area contributed by atoms with E-state index in [4.69, 9.17) is 0 Å². The van der Waals surface area contributed by atoms with E-state index in [-0.39, 0.29) is 11.9 Å². The Morgan fingerprint density at radius 1 is 1.25 bits per heavy atom. The molecule has 2 bridgehead atoms. The molecule has 1 amide bonds. The first-order chi connectivity index (χ1) is 11.4. The molecular formula is C17H23N3O3S. The first-order valence-electron chi connectivity index (χ1n) is 8.58.